The van der Waals surface area contributed by atoms with Crippen LogP contribution in [0.15, 0.2) is 6.20 Å². The summed E-state index contributed by atoms with van der Waals surface area (Å²) in [6, 6.07) is 0. The molecule has 1 aromatic rings. The molecule has 0 radical (unpaired) electrons. The van der Waals surface area contributed by atoms with Crippen molar-refractivity contribution in [1.82, 2.24) is 15.3 Å². The molecule has 104 valence electrons. The minimum atomic E-state index is 0.465. The van der Waals surface area contributed by atoms with Gasteiger partial charge in [0.2, 0.25) is 0 Å². The third-order valence-electron chi connectivity index (χ3n) is 4.29. The summed E-state index contributed by atoms with van der Waals surface area (Å²) in [4.78, 5) is 12.0. The Labute approximate surface area is 115 Å². The molecule has 0 spiro atoms. The van der Waals surface area contributed by atoms with E-state index in [4.69, 9.17) is 4.98 Å². The van der Waals surface area contributed by atoms with Gasteiger partial charge in [0.1, 0.15) is 5.82 Å². The summed E-state index contributed by atoms with van der Waals surface area (Å²) in [7, 11) is 0. The first-order valence-electron chi connectivity index (χ1n) is 7.58. The molecule has 1 N–H and O–H groups in total. The average Bonchev–Trinajstić information content (AvgIpc) is 2.37. The molecule has 2 aliphatic rings. The quantitative estimate of drug-likeness (QED) is 0.905. The van der Waals surface area contributed by atoms with Crippen LogP contribution in [0.1, 0.15) is 56.5 Å². The summed E-state index contributed by atoms with van der Waals surface area (Å²) >= 11 is 0. The monoisotopic (exact) mass is 260 g/mol. The van der Waals surface area contributed by atoms with E-state index in [2.05, 4.69) is 35.2 Å². The van der Waals surface area contributed by atoms with Gasteiger partial charge < -0.3 is 10.2 Å². The van der Waals surface area contributed by atoms with Crippen LogP contribution in [-0.4, -0.2) is 36.1 Å². The number of hydrogen-bond acceptors (Lipinski definition) is 4. The van der Waals surface area contributed by atoms with Crippen LogP contribution in [0, 0.1) is 0 Å². The van der Waals surface area contributed by atoms with E-state index < -0.39 is 0 Å². The summed E-state index contributed by atoms with van der Waals surface area (Å²) in [5.74, 6) is 2.16. The molecule has 1 saturated carbocycles. The van der Waals surface area contributed by atoms with Crippen molar-refractivity contribution in [2.75, 3.05) is 31.1 Å². The van der Waals surface area contributed by atoms with Gasteiger partial charge in [-0.2, -0.15) is 0 Å². The molecule has 4 heteroatoms. The van der Waals surface area contributed by atoms with Crippen LogP contribution in [0.3, 0.4) is 0 Å². The van der Waals surface area contributed by atoms with E-state index in [1.54, 1.807) is 0 Å². The second-order valence-electron chi connectivity index (χ2n) is 6.02. The molecule has 2 fully saturated rings. The molecule has 2 heterocycles. The molecule has 3 rings (SSSR count). The lowest BCUT2D eigenvalue weighted by Crippen LogP contribution is -2.44. The molecule has 19 heavy (non-hydrogen) atoms. The van der Waals surface area contributed by atoms with Crippen molar-refractivity contribution in [2.24, 2.45) is 0 Å². The number of nitrogens with zero attached hydrogens (tertiary/aromatic N) is 3. The molecule has 0 atom stereocenters. The SMILES string of the molecule is CC(C)c1nc(C2CCC2)ncc1N1CCNCC1. The third kappa shape index (κ3) is 2.59. The van der Waals surface area contributed by atoms with E-state index in [1.807, 2.05) is 0 Å². The standard InChI is InChI=1S/C15H24N4/c1-11(2)14-13(19-8-6-16-7-9-19)10-17-15(18-14)12-4-3-5-12/h10-12,16H,3-9H2,1-2H3. The fourth-order valence-corrected chi connectivity index (χ4v) is 2.84. The number of piperazine rings is 1. The van der Waals surface area contributed by atoms with Gasteiger partial charge in [-0.3, -0.25) is 0 Å². The number of aromatic nitrogens is 2. The maximum Gasteiger partial charge on any atom is 0.131 e. The Hall–Kier alpha value is -1.16. The van der Waals surface area contributed by atoms with E-state index >= 15 is 0 Å². The summed E-state index contributed by atoms with van der Waals surface area (Å²) < 4.78 is 0. The molecule has 0 unspecified atom stereocenters. The highest BCUT2D eigenvalue weighted by atomic mass is 15.2. The highest BCUT2D eigenvalue weighted by Gasteiger charge is 2.25. The van der Waals surface area contributed by atoms with Crippen molar-refractivity contribution in [3.8, 4) is 0 Å². The second-order valence-corrected chi connectivity index (χ2v) is 6.02. The maximum atomic E-state index is 4.90. The first kappa shape index (κ1) is 12.9. The third-order valence-corrected chi connectivity index (χ3v) is 4.29. The van der Waals surface area contributed by atoms with Gasteiger partial charge in [-0.15, -0.1) is 0 Å². The van der Waals surface area contributed by atoms with Gasteiger partial charge in [0.25, 0.3) is 0 Å². The van der Waals surface area contributed by atoms with Gasteiger partial charge in [0.15, 0.2) is 0 Å². The van der Waals surface area contributed by atoms with E-state index in [0.29, 0.717) is 11.8 Å². The van der Waals surface area contributed by atoms with Crippen LogP contribution in [0.4, 0.5) is 5.69 Å². The van der Waals surface area contributed by atoms with Gasteiger partial charge in [-0.25, -0.2) is 9.97 Å². The van der Waals surface area contributed by atoms with Crippen LogP contribution >= 0.6 is 0 Å². The second kappa shape index (κ2) is 5.45. The molecular formula is C15H24N4. The molecule has 1 aromatic heterocycles. The van der Waals surface area contributed by atoms with Gasteiger partial charge in [-0.1, -0.05) is 20.3 Å². The summed E-state index contributed by atoms with van der Waals surface area (Å²) in [6.07, 6.45) is 5.95. The van der Waals surface area contributed by atoms with E-state index in [-0.39, 0.29) is 0 Å². The van der Waals surface area contributed by atoms with Crippen LogP contribution in [-0.2, 0) is 0 Å². The lowest BCUT2D eigenvalue weighted by atomic mass is 9.84. The van der Waals surface area contributed by atoms with Crippen molar-refractivity contribution in [2.45, 2.75) is 44.9 Å². The highest BCUT2D eigenvalue weighted by molar-refractivity contribution is 5.51. The average molecular weight is 260 g/mol. The van der Waals surface area contributed by atoms with Gasteiger partial charge in [-0.05, 0) is 18.8 Å². The van der Waals surface area contributed by atoms with E-state index in [0.717, 1.165) is 32.0 Å². The Kier molecular flexibility index (Phi) is 3.69. The largest absolute Gasteiger partial charge is 0.366 e. The Morgan fingerprint density at radius 1 is 1.26 bits per heavy atom. The Morgan fingerprint density at radius 2 is 2.00 bits per heavy atom. The molecule has 0 bridgehead atoms. The zero-order valence-electron chi connectivity index (χ0n) is 12.0. The molecule has 1 aliphatic heterocycles. The van der Waals surface area contributed by atoms with Crippen molar-refractivity contribution < 1.29 is 0 Å². The van der Waals surface area contributed by atoms with Crippen molar-refractivity contribution >= 4 is 5.69 Å². The topological polar surface area (TPSA) is 41.1 Å². The smallest absolute Gasteiger partial charge is 0.131 e. The van der Waals surface area contributed by atoms with Crippen molar-refractivity contribution in [3.63, 3.8) is 0 Å². The van der Waals surface area contributed by atoms with Crippen molar-refractivity contribution in [3.05, 3.63) is 17.7 Å². The summed E-state index contributed by atoms with van der Waals surface area (Å²) in [6.45, 7) is 8.71. The lowest BCUT2D eigenvalue weighted by molar-refractivity contribution is 0.399. The molecule has 0 amide bonds. The molecule has 0 aromatic carbocycles. The van der Waals surface area contributed by atoms with Gasteiger partial charge >= 0.3 is 0 Å². The predicted molar refractivity (Wildman–Crippen MR) is 77.8 cm³/mol. The van der Waals surface area contributed by atoms with E-state index in [1.165, 1.54) is 30.6 Å². The first-order chi connectivity index (χ1) is 9.25. The highest BCUT2D eigenvalue weighted by Crippen LogP contribution is 2.36. The minimum Gasteiger partial charge on any atom is -0.366 e. The number of rotatable bonds is 3. The fourth-order valence-electron chi connectivity index (χ4n) is 2.84. The molecule has 1 saturated heterocycles. The zero-order valence-corrected chi connectivity index (χ0v) is 12.0. The predicted octanol–water partition coefficient (Wildman–Crippen LogP) is 2.28. The number of hydrogen-bond donors (Lipinski definition) is 1. The molecule has 1 aliphatic carbocycles. The number of nitrogens with one attached hydrogen (secondary N) is 1. The van der Waals surface area contributed by atoms with Crippen molar-refractivity contribution in [1.29, 1.82) is 0 Å². The van der Waals surface area contributed by atoms with Crippen LogP contribution in [0.2, 0.25) is 0 Å². The van der Waals surface area contributed by atoms with E-state index in [9.17, 15) is 0 Å². The number of anilines is 1. The molecular weight excluding hydrogens is 236 g/mol. The Balaban J connectivity index is 1.89. The fraction of sp³-hybridized carbons (Fsp3) is 0.733. The lowest BCUT2D eigenvalue weighted by Gasteiger charge is -2.32. The Bertz CT molecular complexity index is 434. The minimum absolute atomic E-state index is 0.465. The maximum absolute atomic E-state index is 4.90. The zero-order chi connectivity index (χ0) is 13.2. The first-order valence-corrected chi connectivity index (χ1v) is 7.58. The summed E-state index contributed by atoms with van der Waals surface area (Å²) in [5, 5.41) is 3.40. The van der Waals surface area contributed by atoms with Gasteiger partial charge in [0, 0.05) is 32.1 Å². The molecule has 4 nitrogen and oxygen atoms in total. The van der Waals surface area contributed by atoms with Gasteiger partial charge in [0.05, 0.1) is 17.6 Å². The Morgan fingerprint density at radius 3 is 2.58 bits per heavy atom. The van der Waals surface area contributed by atoms with Crippen LogP contribution < -0.4 is 10.2 Å². The van der Waals surface area contributed by atoms with Crippen LogP contribution in [0.25, 0.3) is 0 Å². The normalized spacial score (nSPS) is 20.7. The van der Waals surface area contributed by atoms with Crippen LogP contribution in [0.5, 0.6) is 0 Å². The summed E-state index contributed by atoms with van der Waals surface area (Å²) in [5.41, 5.74) is 2.48.